The molecule has 4 rings (SSSR count). The molecule has 1 aliphatic carbocycles. The van der Waals surface area contributed by atoms with E-state index in [1.807, 2.05) is 0 Å². The largest absolute Gasteiger partial charge is 0.378 e. The maximum Gasteiger partial charge on any atom is 0.141 e. The summed E-state index contributed by atoms with van der Waals surface area (Å²) in [5.41, 5.74) is 1.40. The zero-order valence-electron chi connectivity index (χ0n) is 10.6. The van der Waals surface area contributed by atoms with Crippen molar-refractivity contribution in [3.8, 4) is 0 Å². The van der Waals surface area contributed by atoms with Gasteiger partial charge in [-0.15, -0.1) is 11.3 Å². The first-order valence-corrected chi connectivity index (χ1v) is 8.09. The molecular formula is C14H15ClN2OS. The van der Waals surface area contributed by atoms with Crippen molar-refractivity contribution in [2.45, 2.75) is 44.6 Å². The fourth-order valence-corrected chi connectivity index (χ4v) is 4.73. The highest BCUT2D eigenvalue weighted by molar-refractivity contribution is 7.19. The van der Waals surface area contributed by atoms with Crippen LogP contribution in [0.1, 0.15) is 35.5 Å². The third kappa shape index (κ3) is 2.06. The first-order chi connectivity index (χ1) is 9.31. The molecule has 0 amide bonds. The molecule has 0 radical (unpaired) electrons. The van der Waals surface area contributed by atoms with Crippen LogP contribution in [0.25, 0.3) is 10.2 Å². The van der Waals surface area contributed by atoms with Gasteiger partial charge in [-0.05, 0) is 37.7 Å². The normalized spacial score (nSPS) is 22.3. The molecule has 0 saturated carbocycles. The Hall–Kier alpha value is -0.710. The molecule has 1 fully saturated rings. The van der Waals surface area contributed by atoms with E-state index >= 15 is 0 Å². The zero-order valence-corrected chi connectivity index (χ0v) is 12.2. The summed E-state index contributed by atoms with van der Waals surface area (Å²) in [5.74, 6) is 0.837. The van der Waals surface area contributed by atoms with Gasteiger partial charge in [-0.2, -0.15) is 0 Å². The Bertz CT molecular complexity index is 634. The summed E-state index contributed by atoms with van der Waals surface area (Å²) in [6.45, 7) is 0.869. The molecule has 0 N–H and O–H groups in total. The highest BCUT2D eigenvalue weighted by Gasteiger charge is 2.23. The second-order valence-electron chi connectivity index (χ2n) is 5.31. The summed E-state index contributed by atoms with van der Waals surface area (Å²) in [7, 11) is 0. The summed E-state index contributed by atoms with van der Waals surface area (Å²) < 4.78 is 5.65. The highest BCUT2D eigenvalue weighted by Crippen LogP contribution is 2.39. The van der Waals surface area contributed by atoms with Gasteiger partial charge < -0.3 is 4.74 Å². The molecule has 0 spiro atoms. The van der Waals surface area contributed by atoms with Gasteiger partial charge >= 0.3 is 0 Å². The first kappa shape index (κ1) is 12.1. The number of halogens is 1. The SMILES string of the molecule is Clc1nc(CC2CCCO2)nc2sc3c(c12)CCC3. The molecule has 0 bridgehead atoms. The Kier molecular flexibility index (Phi) is 2.98. The molecule has 19 heavy (non-hydrogen) atoms. The fourth-order valence-electron chi connectivity index (χ4n) is 3.09. The van der Waals surface area contributed by atoms with E-state index in [9.17, 15) is 0 Å². The number of thiophene rings is 1. The Labute approximate surface area is 121 Å². The molecule has 2 aliphatic rings. The molecule has 1 saturated heterocycles. The average Bonchev–Trinajstić information content (AvgIpc) is 3.03. The zero-order chi connectivity index (χ0) is 12.8. The van der Waals surface area contributed by atoms with E-state index in [4.69, 9.17) is 21.3 Å². The van der Waals surface area contributed by atoms with Crippen molar-refractivity contribution in [2.75, 3.05) is 6.61 Å². The summed E-state index contributed by atoms with van der Waals surface area (Å²) in [6, 6.07) is 0. The van der Waals surface area contributed by atoms with Crippen LogP contribution in [0.15, 0.2) is 0 Å². The summed E-state index contributed by atoms with van der Waals surface area (Å²) in [4.78, 5) is 11.7. The van der Waals surface area contributed by atoms with Crippen LogP contribution in [0.5, 0.6) is 0 Å². The minimum Gasteiger partial charge on any atom is -0.378 e. The molecule has 0 aromatic carbocycles. The van der Waals surface area contributed by atoms with E-state index in [0.717, 1.165) is 48.3 Å². The quantitative estimate of drug-likeness (QED) is 0.795. The lowest BCUT2D eigenvalue weighted by molar-refractivity contribution is 0.110. The van der Waals surface area contributed by atoms with Crippen molar-refractivity contribution >= 4 is 33.2 Å². The number of fused-ring (bicyclic) bond motifs is 3. The van der Waals surface area contributed by atoms with Gasteiger partial charge in [0.1, 0.15) is 15.8 Å². The Morgan fingerprint density at radius 3 is 3.05 bits per heavy atom. The van der Waals surface area contributed by atoms with Crippen LogP contribution in [-0.2, 0) is 24.0 Å². The number of nitrogens with zero attached hydrogens (tertiary/aromatic N) is 2. The molecule has 1 atom stereocenters. The van der Waals surface area contributed by atoms with Crippen LogP contribution in [0.3, 0.4) is 0 Å². The molecule has 1 unspecified atom stereocenters. The molecule has 3 nitrogen and oxygen atoms in total. The van der Waals surface area contributed by atoms with Gasteiger partial charge in [-0.3, -0.25) is 0 Å². The van der Waals surface area contributed by atoms with Crippen LogP contribution in [0.4, 0.5) is 0 Å². The van der Waals surface area contributed by atoms with E-state index in [-0.39, 0.29) is 6.10 Å². The second-order valence-corrected chi connectivity index (χ2v) is 6.75. The molecule has 1 aliphatic heterocycles. The first-order valence-electron chi connectivity index (χ1n) is 6.89. The van der Waals surface area contributed by atoms with E-state index in [0.29, 0.717) is 5.15 Å². The van der Waals surface area contributed by atoms with Crippen molar-refractivity contribution in [3.63, 3.8) is 0 Å². The summed E-state index contributed by atoms with van der Waals surface area (Å²) in [5, 5.41) is 1.74. The number of hydrogen-bond acceptors (Lipinski definition) is 4. The standard InChI is InChI=1S/C14H15ClN2OS/c15-13-12-9-4-1-5-10(9)19-14(12)17-11(16-13)7-8-3-2-6-18-8/h8H,1-7H2. The Morgan fingerprint density at radius 1 is 1.26 bits per heavy atom. The topological polar surface area (TPSA) is 35.0 Å². The van der Waals surface area contributed by atoms with Crippen molar-refractivity contribution in [1.82, 2.24) is 9.97 Å². The molecular weight excluding hydrogens is 280 g/mol. The lowest BCUT2D eigenvalue weighted by atomic mass is 10.1. The molecule has 2 aromatic rings. The van der Waals surface area contributed by atoms with Crippen LogP contribution >= 0.6 is 22.9 Å². The van der Waals surface area contributed by atoms with Crippen molar-refractivity contribution in [3.05, 3.63) is 21.4 Å². The predicted molar refractivity (Wildman–Crippen MR) is 77.1 cm³/mol. The average molecular weight is 295 g/mol. The highest BCUT2D eigenvalue weighted by atomic mass is 35.5. The van der Waals surface area contributed by atoms with Gasteiger partial charge in [0.25, 0.3) is 0 Å². The number of rotatable bonds is 2. The van der Waals surface area contributed by atoms with Crippen LogP contribution in [0.2, 0.25) is 5.15 Å². The van der Waals surface area contributed by atoms with E-state index in [1.54, 1.807) is 11.3 Å². The lowest BCUT2D eigenvalue weighted by Gasteiger charge is -2.08. The minimum atomic E-state index is 0.278. The molecule has 100 valence electrons. The summed E-state index contributed by atoms with van der Waals surface area (Å²) in [6.07, 6.45) is 6.87. The molecule has 2 aromatic heterocycles. The van der Waals surface area contributed by atoms with Gasteiger partial charge in [-0.1, -0.05) is 11.6 Å². The van der Waals surface area contributed by atoms with Gasteiger partial charge in [0.2, 0.25) is 0 Å². The van der Waals surface area contributed by atoms with Gasteiger partial charge in [0.15, 0.2) is 0 Å². The van der Waals surface area contributed by atoms with E-state index in [2.05, 4.69) is 4.98 Å². The molecule has 5 heteroatoms. The smallest absolute Gasteiger partial charge is 0.141 e. The van der Waals surface area contributed by atoms with Crippen LogP contribution in [-0.4, -0.2) is 22.7 Å². The Balaban J connectivity index is 1.73. The van der Waals surface area contributed by atoms with Crippen molar-refractivity contribution in [1.29, 1.82) is 0 Å². The fraction of sp³-hybridized carbons (Fsp3) is 0.571. The van der Waals surface area contributed by atoms with E-state index in [1.165, 1.54) is 23.3 Å². The van der Waals surface area contributed by atoms with Crippen LogP contribution in [0, 0.1) is 0 Å². The maximum atomic E-state index is 6.39. The second kappa shape index (κ2) is 4.69. The predicted octanol–water partition coefficient (Wildman–Crippen LogP) is 3.55. The van der Waals surface area contributed by atoms with Gasteiger partial charge in [0.05, 0.1) is 11.5 Å². The van der Waals surface area contributed by atoms with E-state index < -0.39 is 0 Å². The number of aromatic nitrogens is 2. The number of hydrogen-bond donors (Lipinski definition) is 0. The molecule has 3 heterocycles. The monoisotopic (exact) mass is 294 g/mol. The Morgan fingerprint density at radius 2 is 2.21 bits per heavy atom. The van der Waals surface area contributed by atoms with Gasteiger partial charge in [0, 0.05) is 17.9 Å². The minimum absolute atomic E-state index is 0.278. The number of aryl methyl sites for hydroxylation is 2. The maximum absolute atomic E-state index is 6.39. The van der Waals surface area contributed by atoms with Crippen molar-refractivity contribution < 1.29 is 4.74 Å². The van der Waals surface area contributed by atoms with Crippen LogP contribution < -0.4 is 0 Å². The van der Waals surface area contributed by atoms with Crippen molar-refractivity contribution in [2.24, 2.45) is 0 Å². The summed E-state index contributed by atoms with van der Waals surface area (Å²) >= 11 is 8.18. The lowest BCUT2D eigenvalue weighted by Crippen LogP contribution is -2.11. The van der Waals surface area contributed by atoms with Gasteiger partial charge in [-0.25, -0.2) is 9.97 Å². The third-order valence-electron chi connectivity index (χ3n) is 4.00. The number of ether oxygens (including phenoxy) is 1. The third-order valence-corrected chi connectivity index (χ3v) is 5.46.